The van der Waals surface area contributed by atoms with Crippen LogP contribution in [-0.4, -0.2) is 6.54 Å². The molecular weight excluding hydrogens is 134 g/mol. The second-order valence-electron chi connectivity index (χ2n) is 3.60. The molecule has 1 saturated carbocycles. The predicted molar refractivity (Wildman–Crippen MR) is 51.5 cm³/mol. The zero-order valence-corrected chi connectivity index (χ0v) is 8.27. The minimum absolute atomic E-state index is 0.750. The smallest absolute Gasteiger partial charge is 0.0106 e. The largest absolute Gasteiger partial charge is 0.331 e. The van der Waals surface area contributed by atoms with Gasteiger partial charge in [0, 0.05) is 0 Å². The molecule has 1 nitrogen and oxygen atoms in total. The highest BCUT2D eigenvalue weighted by Crippen LogP contribution is 2.31. The van der Waals surface area contributed by atoms with Gasteiger partial charge < -0.3 is 5.73 Å². The lowest BCUT2D eigenvalue weighted by molar-refractivity contribution is 0.501. The molecule has 1 aliphatic carbocycles. The highest BCUT2D eigenvalue weighted by Gasteiger charge is 2.18. The maximum absolute atomic E-state index is 4.85. The first-order valence-corrected chi connectivity index (χ1v) is 4.94. The third kappa shape index (κ3) is 5.25. The molecule has 68 valence electrons. The molecule has 2 atom stereocenters. The maximum Gasteiger partial charge on any atom is -0.0106 e. The van der Waals surface area contributed by atoms with Gasteiger partial charge in [0.15, 0.2) is 0 Å². The number of hydrogen-bond acceptors (Lipinski definition) is 1. The van der Waals surface area contributed by atoms with E-state index >= 15 is 0 Å². The molecule has 0 heterocycles. The van der Waals surface area contributed by atoms with Crippen molar-refractivity contribution >= 4 is 0 Å². The van der Waals surface area contributed by atoms with Gasteiger partial charge in [-0.05, 0) is 24.8 Å². The van der Waals surface area contributed by atoms with Gasteiger partial charge in [0.25, 0.3) is 0 Å². The van der Waals surface area contributed by atoms with Crippen molar-refractivity contribution < 1.29 is 0 Å². The topological polar surface area (TPSA) is 26.0 Å². The molecule has 0 amide bonds. The summed E-state index contributed by atoms with van der Waals surface area (Å²) in [7, 11) is 0. The van der Waals surface area contributed by atoms with E-state index in [-0.39, 0.29) is 0 Å². The molecule has 0 spiro atoms. The fourth-order valence-electron chi connectivity index (χ4n) is 1.70. The zero-order valence-electron chi connectivity index (χ0n) is 8.27. The third-order valence-electron chi connectivity index (χ3n) is 2.38. The summed E-state index contributed by atoms with van der Waals surface area (Å²) in [4.78, 5) is 0. The molecule has 0 bridgehead atoms. The van der Waals surface area contributed by atoms with Crippen LogP contribution in [0.4, 0.5) is 0 Å². The van der Waals surface area contributed by atoms with Crippen LogP contribution in [0.2, 0.25) is 0 Å². The highest BCUT2D eigenvalue weighted by atomic mass is 14.5. The summed E-state index contributed by atoms with van der Waals surface area (Å²) in [5.74, 6) is 2.10. The molecule has 0 aliphatic heterocycles. The second kappa shape index (κ2) is 6.66. The first kappa shape index (κ1) is 11.0. The summed E-state index contributed by atoms with van der Waals surface area (Å²) in [6.07, 6.45) is 5.89. The predicted octanol–water partition coefficient (Wildman–Crippen LogP) is 2.80. The molecule has 11 heavy (non-hydrogen) atoms. The third-order valence-corrected chi connectivity index (χ3v) is 2.38. The maximum atomic E-state index is 4.85. The van der Waals surface area contributed by atoms with E-state index in [4.69, 9.17) is 5.73 Å². The van der Waals surface area contributed by atoms with Gasteiger partial charge in [-0.25, -0.2) is 0 Å². The lowest BCUT2D eigenvalue weighted by atomic mass is 10.0. The summed E-state index contributed by atoms with van der Waals surface area (Å²) >= 11 is 0. The average molecular weight is 157 g/mol. The molecule has 0 aromatic carbocycles. The van der Waals surface area contributed by atoms with Crippen LogP contribution >= 0.6 is 0 Å². The van der Waals surface area contributed by atoms with Crippen LogP contribution in [0.5, 0.6) is 0 Å². The Labute approximate surface area is 71.4 Å². The minimum atomic E-state index is 0.750. The van der Waals surface area contributed by atoms with E-state index < -0.39 is 0 Å². The van der Waals surface area contributed by atoms with Gasteiger partial charge in [-0.15, -0.1) is 0 Å². The van der Waals surface area contributed by atoms with E-state index in [0.717, 1.165) is 18.4 Å². The number of nitrogens with two attached hydrogens (primary N) is 1. The summed E-state index contributed by atoms with van der Waals surface area (Å²) in [6.45, 7) is 7.33. The molecule has 0 saturated heterocycles. The summed E-state index contributed by atoms with van der Waals surface area (Å²) in [5.41, 5.74) is 4.85. The van der Waals surface area contributed by atoms with Crippen molar-refractivity contribution in [2.75, 3.05) is 6.54 Å². The average Bonchev–Trinajstić information content (AvgIpc) is 2.37. The van der Waals surface area contributed by atoms with Crippen molar-refractivity contribution in [1.29, 1.82) is 0 Å². The first-order chi connectivity index (χ1) is 5.24. The van der Waals surface area contributed by atoms with Gasteiger partial charge in [-0.3, -0.25) is 0 Å². The molecule has 1 heteroatoms. The fourth-order valence-corrected chi connectivity index (χ4v) is 1.70. The molecule has 0 aromatic rings. The Balaban J connectivity index is 0.000000292. The lowest BCUT2D eigenvalue weighted by Gasteiger charge is -2.02. The Kier molecular flexibility index (Phi) is 6.63. The zero-order chi connectivity index (χ0) is 8.69. The van der Waals surface area contributed by atoms with Crippen LogP contribution in [0.3, 0.4) is 0 Å². The number of hydrogen-bond donors (Lipinski definition) is 1. The summed E-state index contributed by atoms with van der Waals surface area (Å²) < 4.78 is 0. The Bertz CT molecular complexity index is 80.9. The van der Waals surface area contributed by atoms with E-state index in [1.54, 1.807) is 0 Å². The summed E-state index contributed by atoms with van der Waals surface area (Å²) in [5, 5.41) is 0. The van der Waals surface area contributed by atoms with E-state index in [0.29, 0.717) is 0 Å². The van der Waals surface area contributed by atoms with Crippen LogP contribution in [0.15, 0.2) is 0 Å². The van der Waals surface area contributed by atoms with Crippen molar-refractivity contribution in [3.8, 4) is 0 Å². The van der Waals surface area contributed by atoms with Crippen molar-refractivity contribution in [3.63, 3.8) is 0 Å². The van der Waals surface area contributed by atoms with Gasteiger partial charge in [0.05, 0.1) is 0 Å². The van der Waals surface area contributed by atoms with Gasteiger partial charge in [0.2, 0.25) is 0 Å². The van der Waals surface area contributed by atoms with Crippen molar-refractivity contribution in [1.82, 2.24) is 0 Å². The van der Waals surface area contributed by atoms with Crippen LogP contribution < -0.4 is 5.73 Å². The fraction of sp³-hybridized carbons (Fsp3) is 1.00. The van der Waals surface area contributed by atoms with Crippen LogP contribution in [0.1, 0.15) is 46.5 Å². The monoisotopic (exact) mass is 157 g/mol. The summed E-state index contributed by atoms with van der Waals surface area (Å²) in [6, 6.07) is 0. The Morgan fingerprint density at radius 1 is 1.27 bits per heavy atom. The Morgan fingerprint density at radius 2 is 1.82 bits per heavy atom. The Hall–Kier alpha value is -0.0400. The molecule has 0 aromatic heterocycles. The highest BCUT2D eigenvalue weighted by molar-refractivity contribution is 4.70. The van der Waals surface area contributed by atoms with Gasteiger partial charge in [-0.2, -0.15) is 0 Å². The van der Waals surface area contributed by atoms with Gasteiger partial charge >= 0.3 is 0 Å². The van der Waals surface area contributed by atoms with Crippen LogP contribution in [-0.2, 0) is 0 Å². The standard InChI is InChI=1S/C8H16.C2H7N/c1-3-8-5-4-7(2)6-8;1-2-3/h7-8H,3-6H2,1-2H3;2-3H2,1H3. The first-order valence-electron chi connectivity index (χ1n) is 4.94. The van der Waals surface area contributed by atoms with Crippen molar-refractivity contribution in [2.45, 2.75) is 46.5 Å². The molecule has 1 fully saturated rings. The SMILES string of the molecule is CCC1CCC(C)C1.CCN. The van der Waals surface area contributed by atoms with Crippen LogP contribution in [0, 0.1) is 11.8 Å². The Morgan fingerprint density at radius 3 is 2.00 bits per heavy atom. The van der Waals surface area contributed by atoms with Crippen molar-refractivity contribution in [3.05, 3.63) is 0 Å². The van der Waals surface area contributed by atoms with Gasteiger partial charge in [-0.1, -0.05) is 40.0 Å². The second-order valence-corrected chi connectivity index (χ2v) is 3.60. The molecule has 1 aliphatic rings. The molecular formula is C10H23N. The van der Waals surface area contributed by atoms with E-state index in [2.05, 4.69) is 13.8 Å². The quantitative estimate of drug-likeness (QED) is 0.622. The van der Waals surface area contributed by atoms with E-state index in [1.165, 1.54) is 25.7 Å². The number of rotatable bonds is 1. The minimum Gasteiger partial charge on any atom is -0.331 e. The van der Waals surface area contributed by atoms with Crippen molar-refractivity contribution in [2.24, 2.45) is 17.6 Å². The normalized spacial score (nSPS) is 29.5. The van der Waals surface area contributed by atoms with E-state index in [9.17, 15) is 0 Å². The molecule has 2 unspecified atom stereocenters. The molecule has 0 radical (unpaired) electrons. The molecule has 1 rings (SSSR count). The van der Waals surface area contributed by atoms with Crippen LogP contribution in [0.25, 0.3) is 0 Å². The lowest BCUT2D eigenvalue weighted by Crippen LogP contribution is -1.89. The van der Waals surface area contributed by atoms with E-state index in [1.807, 2.05) is 6.92 Å². The van der Waals surface area contributed by atoms with Gasteiger partial charge in [0.1, 0.15) is 0 Å². The molecule has 2 N–H and O–H groups in total.